The molecule has 5 heteroatoms. The van der Waals surface area contributed by atoms with Crippen LogP contribution in [0.4, 0.5) is 5.69 Å². The molecule has 3 rings (SSSR count). The fourth-order valence-corrected chi connectivity index (χ4v) is 3.56. The van der Waals surface area contributed by atoms with Crippen LogP contribution in [0.5, 0.6) is 0 Å². The van der Waals surface area contributed by atoms with Gasteiger partial charge in [-0.3, -0.25) is 4.79 Å². The number of hydrogen-bond acceptors (Lipinski definition) is 3. The monoisotopic (exact) mass is 413 g/mol. The van der Waals surface area contributed by atoms with E-state index in [0.29, 0.717) is 17.6 Å². The maximum atomic E-state index is 12.3. The number of hydrogen-bond donors (Lipinski definition) is 1. The number of carbonyl (C=O) groups excluding carboxylic acids is 1. The number of amides is 1. The van der Waals surface area contributed by atoms with Gasteiger partial charge < -0.3 is 9.73 Å². The normalized spacial score (nSPS) is 10.9. The lowest BCUT2D eigenvalue weighted by Gasteiger charge is -2.10. The Balaban J connectivity index is 1.78. The van der Waals surface area contributed by atoms with E-state index < -0.39 is 0 Å². The van der Waals surface area contributed by atoms with Crippen molar-refractivity contribution in [2.75, 3.05) is 5.32 Å². The molecule has 1 heterocycles. The van der Waals surface area contributed by atoms with Crippen molar-refractivity contribution in [3.05, 3.63) is 73.5 Å². The number of anilines is 1. The Hall–Kier alpha value is -2.40. The van der Waals surface area contributed by atoms with E-state index in [1.165, 1.54) is 0 Å². The molecule has 2 aromatic carbocycles. The molecule has 0 spiro atoms. The van der Waals surface area contributed by atoms with E-state index in [1.54, 1.807) is 0 Å². The molecule has 0 aliphatic rings. The first-order valence-corrected chi connectivity index (χ1v) is 9.23. The molecule has 4 nitrogen and oxygen atoms in total. The first-order valence-electron chi connectivity index (χ1n) is 8.44. The molecule has 1 aromatic heterocycles. The van der Waals surface area contributed by atoms with Crippen LogP contribution in [0.25, 0.3) is 11.0 Å². The fraction of sp³-hybridized carbons (Fsp3) is 0.238. The molecule has 0 radical (unpaired) electrons. The Labute approximate surface area is 160 Å². The molecule has 3 aromatic rings. The lowest BCUT2D eigenvalue weighted by Crippen LogP contribution is -2.17. The van der Waals surface area contributed by atoms with Gasteiger partial charge in [0.15, 0.2) is 0 Å². The highest BCUT2D eigenvalue weighted by molar-refractivity contribution is 9.10. The molecule has 0 fully saturated rings. The van der Waals surface area contributed by atoms with Crippen LogP contribution in [0.1, 0.15) is 28.7 Å². The molecule has 0 aliphatic heterocycles. The molecule has 1 N–H and O–H groups in total. The Morgan fingerprint density at radius 3 is 2.50 bits per heavy atom. The standard InChI is InChI=1S/C21H20BrNO3/c1-12-5-8-18(17(22)10-12)23-20(24)9-7-16-14(3)15-6-4-13(2)11-19(15)26-21(16)25/h4-6,8,10-11H,7,9H2,1-3H3,(H,23,24). The van der Waals surface area contributed by atoms with Gasteiger partial charge >= 0.3 is 5.63 Å². The zero-order valence-electron chi connectivity index (χ0n) is 15.0. The SMILES string of the molecule is Cc1ccc(NC(=O)CCc2c(C)c3ccc(C)cc3oc2=O)c(Br)c1. The summed E-state index contributed by atoms with van der Waals surface area (Å²) in [4.78, 5) is 24.6. The maximum absolute atomic E-state index is 12.3. The number of fused-ring (bicyclic) bond motifs is 1. The molecule has 0 bridgehead atoms. The third-order valence-electron chi connectivity index (χ3n) is 4.44. The minimum Gasteiger partial charge on any atom is -0.423 e. The van der Waals surface area contributed by atoms with Gasteiger partial charge in [0.25, 0.3) is 0 Å². The molecular formula is C21H20BrNO3. The summed E-state index contributed by atoms with van der Waals surface area (Å²) in [6.07, 6.45) is 0.552. The van der Waals surface area contributed by atoms with Gasteiger partial charge in [0, 0.05) is 21.8 Å². The van der Waals surface area contributed by atoms with Gasteiger partial charge in [0.05, 0.1) is 5.69 Å². The molecule has 0 aliphatic carbocycles. The molecule has 0 atom stereocenters. The third kappa shape index (κ3) is 3.88. The van der Waals surface area contributed by atoms with Crippen LogP contribution in [0.3, 0.4) is 0 Å². The van der Waals surface area contributed by atoms with Crippen LogP contribution in [0.15, 0.2) is 50.1 Å². The van der Waals surface area contributed by atoms with Gasteiger partial charge in [-0.15, -0.1) is 0 Å². The quantitative estimate of drug-likeness (QED) is 0.608. The maximum Gasteiger partial charge on any atom is 0.339 e. The van der Waals surface area contributed by atoms with Gasteiger partial charge in [-0.05, 0) is 78.0 Å². The average Bonchev–Trinajstić information content (AvgIpc) is 2.57. The summed E-state index contributed by atoms with van der Waals surface area (Å²) >= 11 is 3.45. The second kappa shape index (κ2) is 7.46. The molecular weight excluding hydrogens is 394 g/mol. The summed E-state index contributed by atoms with van der Waals surface area (Å²) in [5.74, 6) is -0.141. The van der Waals surface area contributed by atoms with Gasteiger partial charge in [0.2, 0.25) is 5.91 Å². The van der Waals surface area contributed by atoms with Crippen molar-refractivity contribution in [2.45, 2.75) is 33.6 Å². The highest BCUT2D eigenvalue weighted by Crippen LogP contribution is 2.24. The summed E-state index contributed by atoms with van der Waals surface area (Å²) in [7, 11) is 0. The van der Waals surface area contributed by atoms with Gasteiger partial charge in [-0.25, -0.2) is 4.79 Å². The van der Waals surface area contributed by atoms with E-state index in [4.69, 9.17) is 4.42 Å². The summed E-state index contributed by atoms with van der Waals surface area (Å²) in [6, 6.07) is 11.5. The topological polar surface area (TPSA) is 59.3 Å². The number of aryl methyl sites for hydroxylation is 3. The Morgan fingerprint density at radius 2 is 1.77 bits per heavy atom. The van der Waals surface area contributed by atoms with E-state index in [2.05, 4.69) is 21.2 Å². The number of halogens is 1. The Bertz CT molecular complexity index is 1050. The van der Waals surface area contributed by atoms with E-state index in [1.807, 2.05) is 57.2 Å². The molecule has 134 valence electrons. The van der Waals surface area contributed by atoms with Gasteiger partial charge in [-0.1, -0.05) is 18.2 Å². The van der Waals surface area contributed by atoms with E-state index >= 15 is 0 Å². The summed E-state index contributed by atoms with van der Waals surface area (Å²) in [5.41, 5.74) is 4.51. The predicted molar refractivity (Wildman–Crippen MR) is 108 cm³/mol. The average molecular weight is 414 g/mol. The molecule has 26 heavy (non-hydrogen) atoms. The van der Waals surface area contributed by atoms with E-state index in [0.717, 1.165) is 32.2 Å². The number of carbonyl (C=O) groups is 1. The van der Waals surface area contributed by atoms with Crippen molar-refractivity contribution < 1.29 is 9.21 Å². The smallest absolute Gasteiger partial charge is 0.339 e. The third-order valence-corrected chi connectivity index (χ3v) is 5.10. The van der Waals surface area contributed by atoms with Crippen LogP contribution in [0.2, 0.25) is 0 Å². The van der Waals surface area contributed by atoms with Crippen molar-refractivity contribution in [2.24, 2.45) is 0 Å². The largest absolute Gasteiger partial charge is 0.423 e. The zero-order chi connectivity index (χ0) is 18.8. The second-order valence-corrected chi connectivity index (χ2v) is 7.38. The summed E-state index contributed by atoms with van der Waals surface area (Å²) in [6.45, 7) is 5.84. The first-order chi connectivity index (χ1) is 12.3. The summed E-state index contributed by atoms with van der Waals surface area (Å²) < 4.78 is 6.28. The lowest BCUT2D eigenvalue weighted by atomic mass is 10.0. The number of nitrogens with one attached hydrogen (secondary N) is 1. The first kappa shape index (κ1) is 18.4. The van der Waals surface area contributed by atoms with Crippen LogP contribution in [0, 0.1) is 20.8 Å². The molecule has 1 amide bonds. The molecule has 0 saturated heterocycles. The van der Waals surface area contributed by atoms with Crippen molar-refractivity contribution >= 4 is 38.5 Å². The molecule has 0 unspecified atom stereocenters. The Morgan fingerprint density at radius 1 is 1.08 bits per heavy atom. The second-order valence-electron chi connectivity index (χ2n) is 6.52. The summed E-state index contributed by atoms with van der Waals surface area (Å²) in [5, 5.41) is 3.78. The van der Waals surface area contributed by atoms with Crippen LogP contribution in [-0.4, -0.2) is 5.91 Å². The van der Waals surface area contributed by atoms with Crippen molar-refractivity contribution in [1.29, 1.82) is 0 Å². The van der Waals surface area contributed by atoms with Crippen LogP contribution in [-0.2, 0) is 11.2 Å². The zero-order valence-corrected chi connectivity index (χ0v) is 16.6. The fourth-order valence-electron chi connectivity index (χ4n) is 2.96. The lowest BCUT2D eigenvalue weighted by molar-refractivity contribution is -0.116. The van der Waals surface area contributed by atoms with Crippen LogP contribution >= 0.6 is 15.9 Å². The van der Waals surface area contributed by atoms with Crippen LogP contribution < -0.4 is 10.9 Å². The van der Waals surface area contributed by atoms with E-state index in [-0.39, 0.29) is 18.0 Å². The van der Waals surface area contributed by atoms with Crippen molar-refractivity contribution in [1.82, 2.24) is 0 Å². The minimum atomic E-state index is -0.370. The number of rotatable bonds is 4. The Kier molecular flexibility index (Phi) is 5.28. The van der Waals surface area contributed by atoms with Gasteiger partial charge in [0.1, 0.15) is 5.58 Å². The molecule has 0 saturated carbocycles. The number of benzene rings is 2. The van der Waals surface area contributed by atoms with E-state index in [9.17, 15) is 9.59 Å². The highest BCUT2D eigenvalue weighted by Gasteiger charge is 2.14. The van der Waals surface area contributed by atoms with Crippen molar-refractivity contribution in [3.8, 4) is 0 Å². The van der Waals surface area contributed by atoms with Crippen molar-refractivity contribution in [3.63, 3.8) is 0 Å². The minimum absolute atomic E-state index is 0.141. The predicted octanol–water partition coefficient (Wildman–Crippen LogP) is 5.05. The highest BCUT2D eigenvalue weighted by atomic mass is 79.9. The van der Waals surface area contributed by atoms with Gasteiger partial charge in [-0.2, -0.15) is 0 Å².